The lowest BCUT2D eigenvalue weighted by Crippen LogP contribution is -1.91. The molecule has 0 fully saturated rings. The van der Waals surface area contributed by atoms with Gasteiger partial charge in [0.2, 0.25) is 11.6 Å². The van der Waals surface area contributed by atoms with Crippen LogP contribution < -0.4 is 0 Å². The molecule has 0 aromatic carbocycles. The highest BCUT2D eigenvalue weighted by Gasteiger charge is 2.09. The fourth-order valence-corrected chi connectivity index (χ4v) is 0.918. The molecule has 0 amide bonds. The Balaban J connectivity index is 2.34. The molecule has 0 aliphatic carbocycles. The lowest BCUT2D eigenvalue weighted by molar-refractivity contribution is 0.222. The molecule has 2 aromatic heterocycles. The van der Waals surface area contributed by atoms with E-state index in [-0.39, 0.29) is 18.3 Å². The first kappa shape index (κ1) is 8.76. The molecule has 1 N–H and O–H groups in total. The van der Waals surface area contributed by atoms with Gasteiger partial charge in [-0.25, -0.2) is 9.97 Å². The van der Waals surface area contributed by atoms with Crippen molar-refractivity contribution in [1.29, 1.82) is 0 Å². The molecule has 0 unspecified atom stereocenters. The van der Waals surface area contributed by atoms with E-state index in [0.717, 1.165) is 5.56 Å². The van der Waals surface area contributed by atoms with E-state index in [2.05, 4.69) is 20.1 Å². The smallest absolute Gasteiger partial charge is 0.252 e. The van der Waals surface area contributed by atoms with Crippen LogP contribution in [-0.2, 0) is 6.61 Å². The number of rotatable bonds is 2. The summed E-state index contributed by atoms with van der Waals surface area (Å²) in [5.74, 6) is 0.831. The molecular weight excluding hydrogens is 184 g/mol. The minimum absolute atomic E-state index is 0.157. The van der Waals surface area contributed by atoms with Gasteiger partial charge in [0.15, 0.2) is 0 Å². The SMILES string of the molecule is Cc1cnc(-c2noc(CO)n2)nc1. The molecule has 0 aliphatic heterocycles. The average molecular weight is 192 g/mol. The summed E-state index contributed by atoms with van der Waals surface area (Å²) in [5.41, 5.74) is 0.958. The van der Waals surface area contributed by atoms with Gasteiger partial charge in [0.05, 0.1) is 0 Å². The third-order valence-electron chi connectivity index (χ3n) is 1.58. The van der Waals surface area contributed by atoms with Crippen LogP contribution in [0.15, 0.2) is 16.9 Å². The molecule has 2 heterocycles. The van der Waals surface area contributed by atoms with E-state index in [4.69, 9.17) is 9.63 Å². The van der Waals surface area contributed by atoms with Crippen molar-refractivity contribution in [2.45, 2.75) is 13.5 Å². The topological polar surface area (TPSA) is 84.9 Å². The maximum atomic E-state index is 8.70. The van der Waals surface area contributed by atoms with Gasteiger partial charge in [0.1, 0.15) is 6.61 Å². The van der Waals surface area contributed by atoms with Crippen LogP contribution in [0.1, 0.15) is 11.5 Å². The predicted molar refractivity (Wildman–Crippen MR) is 46.0 cm³/mol. The van der Waals surface area contributed by atoms with Crippen LogP contribution in [0, 0.1) is 6.92 Å². The van der Waals surface area contributed by atoms with Crippen molar-refractivity contribution in [3.8, 4) is 11.6 Å². The van der Waals surface area contributed by atoms with Gasteiger partial charge in [-0.1, -0.05) is 5.16 Å². The van der Waals surface area contributed by atoms with E-state index in [1.165, 1.54) is 0 Å². The zero-order valence-corrected chi connectivity index (χ0v) is 7.51. The van der Waals surface area contributed by atoms with Gasteiger partial charge in [0, 0.05) is 12.4 Å². The number of aromatic nitrogens is 4. The van der Waals surface area contributed by atoms with Crippen molar-refractivity contribution in [1.82, 2.24) is 20.1 Å². The number of nitrogens with zero attached hydrogens (tertiary/aromatic N) is 4. The monoisotopic (exact) mass is 192 g/mol. The van der Waals surface area contributed by atoms with E-state index >= 15 is 0 Å². The Bertz CT molecular complexity index is 423. The molecule has 0 aliphatic rings. The Morgan fingerprint density at radius 3 is 2.57 bits per heavy atom. The quantitative estimate of drug-likeness (QED) is 0.737. The maximum absolute atomic E-state index is 8.70. The minimum Gasteiger partial charge on any atom is -0.387 e. The van der Waals surface area contributed by atoms with Gasteiger partial charge in [-0.05, 0) is 12.5 Å². The summed E-state index contributed by atoms with van der Waals surface area (Å²) < 4.78 is 4.71. The van der Waals surface area contributed by atoms with Crippen molar-refractivity contribution in [2.75, 3.05) is 0 Å². The summed E-state index contributed by atoms with van der Waals surface area (Å²) >= 11 is 0. The molecule has 0 saturated heterocycles. The lowest BCUT2D eigenvalue weighted by Gasteiger charge is -1.92. The Labute approximate surface area is 79.6 Å². The fraction of sp³-hybridized carbons (Fsp3) is 0.250. The van der Waals surface area contributed by atoms with Crippen LogP contribution in [0.3, 0.4) is 0 Å². The Kier molecular flexibility index (Phi) is 2.19. The zero-order chi connectivity index (χ0) is 9.97. The summed E-state index contributed by atoms with van der Waals surface area (Å²) in [6.07, 6.45) is 3.33. The first-order valence-corrected chi connectivity index (χ1v) is 4.02. The van der Waals surface area contributed by atoms with Crippen molar-refractivity contribution in [2.24, 2.45) is 0 Å². The molecule has 0 bridgehead atoms. The summed E-state index contributed by atoms with van der Waals surface area (Å²) in [4.78, 5) is 11.9. The Morgan fingerprint density at radius 1 is 1.29 bits per heavy atom. The van der Waals surface area contributed by atoms with Crippen LogP contribution >= 0.6 is 0 Å². The third-order valence-corrected chi connectivity index (χ3v) is 1.58. The number of aliphatic hydroxyl groups excluding tert-OH is 1. The molecule has 0 radical (unpaired) electrons. The van der Waals surface area contributed by atoms with Crippen LogP contribution in [0.25, 0.3) is 11.6 Å². The molecule has 6 heteroatoms. The third kappa shape index (κ3) is 1.60. The second kappa shape index (κ2) is 3.51. The molecule has 0 saturated carbocycles. The van der Waals surface area contributed by atoms with Crippen LogP contribution in [0.2, 0.25) is 0 Å². The van der Waals surface area contributed by atoms with Gasteiger partial charge in [-0.2, -0.15) is 4.98 Å². The number of hydrogen-bond acceptors (Lipinski definition) is 6. The molecule has 0 atom stereocenters. The minimum atomic E-state index is -0.279. The number of aliphatic hydroxyl groups is 1. The van der Waals surface area contributed by atoms with E-state index < -0.39 is 0 Å². The van der Waals surface area contributed by atoms with Gasteiger partial charge in [-0.15, -0.1) is 0 Å². The van der Waals surface area contributed by atoms with E-state index in [1.54, 1.807) is 12.4 Å². The maximum Gasteiger partial charge on any atom is 0.252 e. The Morgan fingerprint density at radius 2 is 2.00 bits per heavy atom. The summed E-state index contributed by atoms with van der Waals surface area (Å²) in [5, 5.41) is 12.3. The van der Waals surface area contributed by atoms with Gasteiger partial charge >= 0.3 is 0 Å². The standard InChI is InChI=1S/C8H8N4O2/c1-5-2-9-7(10-3-5)8-11-6(4-13)14-12-8/h2-3,13H,4H2,1H3. The molecule has 6 nitrogen and oxygen atoms in total. The van der Waals surface area contributed by atoms with E-state index in [1.807, 2.05) is 6.92 Å². The van der Waals surface area contributed by atoms with Gasteiger partial charge < -0.3 is 9.63 Å². The zero-order valence-electron chi connectivity index (χ0n) is 7.51. The van der Waals surface area contributed by atoms with Crippen LogP contribution in [0.5, 0.6) is 0 Å². The second-order valence-corrected chi connectivity index (χ2v) is 2.75. The van der Waals surface area contributed by atoms with Crippen molar-refractivity contribution < 1.29 is 9.63 Å². The second-order valence-electron chi connectivity index (χ2n) is 2.75. The van der Waals surface area contributed by atoms with Crippen molar-refractivity contribution in [3.05, 3.63) is 23.8 Å². The molecule has 14 heavy (non-hydrogen) atoms. The summed E-state index contributed by atoms with van der Waals surface area (Å²) in [6.45, 7) is 1.61. The average Bonchev–Trinajstić information content (AvgIpc) is 2.67. The highest BCUT2D eigenvalue weighted by molar-refractivity contribution is 5.40. The largest absolute Gasteiger partial charge is 0.387 e. The highest BCUT2D eigenvalue weighted by Crippen LogP contribution is 2.09. The number of hydrogen-bond donors (Lipinski definition) is 1. The summed E-state index contributed by atoms with van der Waals surface area (Å²) in [6, 6.07) is 0. The first-order chi connectivity index (χ1) is 6.79. The predicted octanol–water partition coefficient (Wildman–Crippen LogP) is 0.327. The molecule has 0 spiro atoms. The number of aryl methyl sites for hydroxylation is 1. The molecule has 2 aromatic rings. The molecular formula is C8H8N4O2. The van der Waals surface area contributed by atoms with Crippen molar-refractivity contribution in [3.63, 3.8) is 0 Å². The lowest BCUT2D eigenvalue weighted by atomic mass is 10.4. The van der Waals surface area contributed by atoms with Gasteiger partial charge in [-0.3, -0.25) is 0 Å². The van der Waals surface area contributed by atoms with Crippen LogP contribution in [0.4, 0.5) is 0 Å². The van der Waals surface area contributed by atoms with Gasteiger partial charge in [0.25, 0.3) is 5.89 Å². The molecule has 72 valence electrons. The first-order valence-electron chi connectivity index (χ1n) is 4.02. The normalized spacial score (nSPS) is 10.4. The summed E-state index contributed by atoms with van der Waals surface area (Å²) in [7, 11) is 0. The highest BCUT2D eigenvalue weighted by atomic mass is 16.5. The molecule has 2 rings (SSSR count). The van der Waals surface area contributed by atoms with Crippen LogP contribution in [-0.4, -0.2) is 25.2 Å². The van der Waals surface area contributed by atoms with E-state index in [0.29, 0.717) is 5.82 Å². The Hall–Kier alpha value is -1.82. The van der Waals surface area contributed by atoms with E-state index in [9.17, 15) is 0 Å². The fourth-order valence-electron chi connectivity index (χ4n) is 0.918. The van der Waals surface area contributed by atoms with Crippen molar-refractivity contribution >= 4 is 0 Å².